The predicted molar refractivity (Wildman–Crippen MR) is 66.8 cm³/mol. The van der Waals surface area contributed by atoms with Crippen molar-refractivity contribution in [3.8, 4) is 6.07 Å². The molecule has 0 saturated heterocycles. The zero-order valence-corrected chi connectivity index (χ0v) is 10.3. The summed E-state index contributed by atoms with van der Waals surface area (Å²) in [5.41, 5.74) is 0.535. The topological polar surface area (TPSA) is 73.1 Å². The smallest absolute Gasteiger partial charge is 0.252 e. The molecule has 1 rings (SSSR count). The summed E-state index contributed by atoms with van der Waals surface area (Å²) in [4.78, 5) is 12.7. The molecule has 0 aromatic heterocycles. The highest BCUT2D eigenvalue weighted by Crippen LogP contribution is 2.22. The van der Waals surface area contributed by atoms with E-state index in [1.165, 1.54) is 11.8 Å². The van der Waals surface area contributed by atoms with E-state index >= 15 is 0 Å². The number of rotatable bonds is 5. The SMILES string of the molecule is C[C@@H](CO)NC(=O)c1ccccc1SCC#N. The minimum Gasteiger partial charge on any atom is -0.394 e. The molecular weight excluding hydrogens is 236 g/mol. The van der Waals surface area contributed by atoms with E-state index in [9.17, 15) is 4.79 Å². The molecule has 1 amide bonds. The van der Waals surface area contributed by atoms with E-state index in [0.29, 0.717) is 11.3 Å². The van der Waals surface area contributed by atoms with Crippen LogP contribution >= 0.6 is 11.8 Å². The lowest BCUT2D eigenvalue weighted by Gasteiger charge is -2.12. The Bertz CT molecular complexity index is 429. The molecule has 0 bridgehead atoms. The van der Waals surface area contributed by atoms with Crippen molar-refractivity contribution in [1.29, 1.82) is 5.26 Å². The molecule has 0 spiro atoms. The van der Waals surface area contributed by atoms with E-state index in [2.05, 4.69) is 5.32 Å². The van der Waals surface area contributed by atoms with Crippen molar-refractivity contribution in [2.75, 3.05) is 12.4 Å². The lowest BCUT2D eigenvalue weighted by atomic mass is 10.2. The van der Waals surface area contributed by atoms with Crippen LogP contribution in [0, 0.1) is 11.3 Å². The van der Waals surface area contributed by atoms with Gasteiger partial charge in [0.25, 0.3) is 5.91 Å². The van der Waals surface area contributed by atoms with Crippen LogP contribution in [-0.4, -0.2) is 29.4 Å². The Labute approximate surface area is 105 Å². The average molecular weight is 250 g/mol. The van der Waals surface area contributed by atoms with Crippen molar-refractivity contribution in [3.63, 3.8) is 0 Å². The summed E-state index contributed by atoms with van der Waals surface area (Å²) >= 11 is 1.33. The van der Waals surface area contributed by atoms with Crippen LogP contribution in [0.1, 0.15) is 17.3 Å². The lowest BCUT2D eigenvalue weighted by molar-refractivity contribution is 0.0919. The Hall–Kier alpha value is -1.51. The Morgan fingerprint density at radius 3 is 2.94 bits per heavy atom. The van der Waals surface area contributed by atoms with Crippen molar-refractivity contribution in [2.24, 2.45) is 0 Å². The third-order valence-electron chi connectivity index (χ3n) is 2.08. The van der Waals surface area contributed by atoms with Gasteiger partial charge in [-0.25, -0.2) is 0 Å². The largest absolute Gasteiger partial charge is 0.394 e. The first-order valence-corrected chi connectivity index (χ1v) is 6.18. The Balaban J connectivity index is 2.82. The molecule has 1 aromatic carbocycles. The number of nitrogens with one attached hydrogen (secondary N) is 1. The first-order valence-electron chi connectivity index (χ1n) is 5.19. The molecular formula is C12H14N2O2S. The van der Waals surface area contributed by atoms with Crippen LogP contribution in [-0.2, 0) is 0 Å². The van der Waals surface area contributed by atoms with E-state index in [1.807, 2.05) is 12.1 Å². The normalized spacial score (nSPS) is 11.6. The van der Waals surface area contributed by atoms with Crippen LogP contribution in [0.2, 0.25) is 0 Å². The number of aliphatic hydroxyl groups is 1. The van der Waals surface area contributed by atoms with Crippen molar-refractivity contribution in [1.82, 2.24) is 5.32 Å². The maximum atomic E-state index is 11.9. The van der Waals surface area contributed by atoms with Crippen molar-refractivity contribution in [3.05, 3.63) is 29.8 Å². The standard InChI is InChI=1S/C12H14N2O2S/c1-9(8-15)14-12(16)10-4-2-3-5-11(10)17-7-6-13/h2-5,9,15H,7-8H2,1H3,(H,14,16)/t9-/m0/s1. The van der Waals surface area contributed by atoms with Gasteiger partial charge in [-0.1, -0.05) is 12.1 Å². The number of carbonyl (C=O) groups is 1. The fourth-order valence-corrected chi connectivity index (χ4v) is 1.95. The van der Waals surface area contributed by atoms with Crippen LogP contribution in [0.5, 0.6) is 0 Å². The first kappa shape index (κ1) is 13.6. The number of hydrogen-bond acceptors (Lipinski definition) is 4. The highest BCUT2D eigenvalue weighted by Gasteiger charge is 2.12. The molecule has 90 valence electrons. The molecule has 0 heterocycles. The second-order valence-electron chi connectivity index (χ2n) is 3.50. The van der Waals surface area contributed by atoms with Crippen LogP contribution in [0.3, 0.4) is 0 Å². The van der Waals surface area contributed by atoms with Crippen LogP contribution in [0.4, 0.5) is 0 Å². The summed E-state index contributed by atoms with van der Waals surface area (Å²) in [5.74, 6) is 0.0763. The third kappa shape index (κ3) is 4.10. The van der Waals surface area contributed by atoms with E-state index < -0.39 is 0 Å². The van der Waals surface area contributed by atoms with Gasteiger partial charge >= 0.3 is 0 Å². The monoisotopic (exact) mass is 250 g/mol. The van der Waals surface area contributed by atoms with E-state index in [0.717, 1.165) is 4.90 Å². The number of aliphatic hydroxyl groups excluding tert-OH is 1. The summed E-state index contributed by atoms with van der Waals surface area (Å²) < 4.78 is 0. The van der Waals surface area contributed by atoms with Crippen LogP contribution in [0.25, 0.3) is 0 Å². The minimum atomic E-state index is -0.281. The molecule has 17 heavy (non-hydrogen) atoms. The summed E-state index contributed by atoms with van der Waals surface area (Å²) in [6, 6.07) is 8.86. The van der Waals surface area contributed by atoms with Gasteiger partial charge in [0.1, 0.15) is 0 Å². The van der Waals surface area contributed by atoms with Crippen molar-refractivity contribution >= 4 is 17.7 Å². The first-order chi connectivity index (χ1) is 8.19. The zero-order valence-electron chi connectivity index (χ0n) is 9.51. The molecule has 4 nitrogen and oxygen atoms in total. The Morgan fingerprint density at radius 1 is 1.59 bits per heavy atom. The van der Waals surface area contributed by atoms with Gasteiger partial charge in [0.15, 0.2) is 0 Å². The Kier molecular flexibility index (Phi) is 5.53. The second kappa shape index (κ2) is 6.94. The predicted octanol–water partition coefficient (Wildman–Crippen LogP) is 1.41. The number of hydrogen-bond donors (Lipinski definition) is 2. The van der Waals surface area contributed by atoms with E-state index in [-0.39, 0.29) is 18.6 Å². The molecule has 0 aliphatic carbocycles. The maximum Gasteiger partial charge on any atom is 0.252 e. The highest BCUT2D eigenvalue weighted by molar-refractivity contribution is 7.99. The summed E-state index contributed by atoms with van der Waals surface area (Å²) in [7, 11) is 0. The van der Waals surface area contributed by atoms with Gasteiger partial charge in [0, 0.05) is 10.9 Å². The van der Waals surface area contributed by atoms with Gasteiger partial charge in [-0.3, -0.25) is 4.79 Å². The molecule has 1 aromatic rings. The lowest BCUT2D eigenvalue weighted by Crippen LogP contribution is -2.35. The van der Waals surface area contributed by atoms with E-state index in [4.69, 9.17) is 10.4 Å². The van der Waals surface area contributed by atoms with E-state index in [1.54, 1.807) is 25.1 Å². The fraction of sp³-hybridized carbons (Fsp3) is 0.333. The van der Waals surface area contributed by atoms with Gasteiger partial charge in [0.2, 0.25) is 0 Å². The number of thioether (sulfide) groups is 1. The third-order valence-corrected chi connectivity index (χ3v) is 3.02. The Morgan fingerprint density at radius 2 is 2.29 bits per heavy atom. The van der Waals surface area contributed by atoms with Gasteiger partial charge in [0.05, 0.1) is 24.0 Å². The molecule has 0 unspecified atom stereocenters. The number of carbonyl (C=O) groups excluding carboxylic acids is 1. The molecule has 1 atom stereocenters. The number of benzene rings is 1. The molecule has 0 radical (unpaired) electrons. The highest BCUT2D eigenvalue weighted by atomic mass is 32.2. The average Bonchev–Trinajstić information content (AvgIpc) is 2.36. The molecule has 0 aliphatic heterocycles. The molecule has 0 saturated carbocycles. The van der Waals surface area contributed by atoms with Gasteiger partial charge in [-0.2, -0.15) is 5.26 Å². The number of nitriles is 1. The summed E-state index contributed by atoms with van der Waals surface area (Å²) in [5, 5.41) is 20.1. The number of nitrogens with zero attached hydrogens (tertiary/aromatic N) is 1. The molecule has 5 heteroatoms. The maximum absolute atomic E-state index is 11.9. The van der Waals surface area contributed by atoms with Crippen LogP contribution < -0.4 is 5.32 Å². The molecule has 0 fully saturated rings. The summed E-state index contributed by atoms with van der Waals surface area (Å²) in [6.45, 7) is 1.63. The van der Waals surface area contributed by atoms with Gasteiger partial charge < -0.3 is 10.4 Å². The summed E-state index contributed by atoms with van der Waals surface area (Å²) in [6.07, 6.45) is 0. The number of amides is 1. The van der Waals surface area contributed by atoms with Crippen molar-refractivity contribution < 1.29 is 9.90 Å². The van der Waals surface area contributed by atoms with Crippen molar-refractivity contribution in [2.45, 2.75) is 17.9 Å². The van der Waals surface area contributed by atoms with Crippen LogP contribution in [0.15, 0.2) is 29.2 Å². The molecule has 0 aliphatic rings. The zero-order chi connectivity index (χ0) is 12.7. The minimum absolute atomic E-state index is 0.0980. The quantitative estimate of drug-likeness (QED) is 0.775. The molecule has 2 N–H and O–H groups in total. The fourth-order valence-electron chi connectivity index (χ4n) is 1.24. The second-order valence-corrected chi connectivity index (χ2v) is 4.52. The van der Waals surface area contributed by atoms with Gasteiger partial charge in [-0.05, 0) is 19.1 Å². The van der Waals surface area contributed by atoms with Gasteiger partial charge in [-0.15, -0.1) is 11.8 Å².